The van der Waals surface area contributed by atoms with Gasteiger partial charge in [0.1, 0.15) is 5.82 Å². The Morgan fingerprint density at radius 1 is 1.54 bits per heavy atom. The van der Waals surface area contributed by atoms with Crippen LogP contribution < -0.4 is 5.73 Å². The summed E-state index contributed by atoms with van der Waals surface area (Å²) < 4.78 is 20.4. The number of rotatable bonds is 3. The number of aromatic nitrogens is 2. The second kappa shape index (κ2) is 4.06. The quantitative estimate of drug-likeness (QED) is 0.626. The molecular weight excluding hydrogens is 194 g/mol. The molecule has 1 atom stereocenters. The van der Waals surface area contributed by atoms with Crippen molar-refractivity contribution in [2.75, 3.05) is 0 Å². The summed E-state index contributed by atoms with van der Waals surface area (Å²) in [5.41, 5.74) is 5.08. The molecule has 70 valence electrons. The second-order valence-electron chi connectivity index (χ2n) is 2.20. The van der Waals surface area contributed by atoms with Gasteiger partial charge in [0.2, 0.25) is 0 Å². The van der Waals surface area contributed by atoms with Crippen LogP contribution >= 0.6 is 0 Å². The van der Waals surface area contributed by atoms with Gasteiger partial charge in [-0.1, -0.05) is 0 Å². The second-order valence-corrected chi connectivity index (χ2v) is 3.10. The van der Waals surface area contributed by atoms with Gasteiger partial charge in [-0.25, -0.2) is 9.97 Å². The molecular formula is C6H6N3O3S-. The fraction of sp³-hybridized carbons (Fsp3) is 0.167. The number of amides is 1. The Morgan fingerprint density at radius 3 is 2.46 bits per heavy atom. The van der Waals surface area contributed by atoms with E-state index in [1.165, 1.54) is 12.4 Å². The molecule has 1 aromatic heterocycles. The van der Waals surface area contributed by atoms with E-state index in [9.17, 15) is 13.6 Å². The molecule has 0 aliphatic carbocycles. The first kappa shape index (κ1) is 9.75. The lowest BCUT2D eigenvalue weighted by Gasteiger charge is -2.02. The lowest BCUT2D eigenvalue weighted by atomic mass is 10.3. The van der Waals surface area contributed by atoms with Crippen molar-refractivity contribution in [1.82, 2.24) is 9.97 Å². The van der Waals surface area contributed by atoms with Crippen LogP contribution in [0, 0.1) is 0 Å². The molecule has 0 aromatic carbocycles. The van der Waals surface area contributed by atoms with Gasteiger partial charge in [0.05, 0.1) is 11.3 Å². The zero-order valence-electron chi connectivity index (χ0n) is 6.47. The van der Waals surface area contributed by atoms with E-state index in [2.05, 4.69) is 9.97 Å². The molecule has 0 fully saturated rings. The highest BCUT2D eigenvalue weighted by Crippen LogP contribution is 1.96. The first-order chi connectivity index (χ1) is 6.09. The summed E-state index contributed by atoms with van der Waals surface area (Å²) in [6, 6.07) is 0. The monoisotopic (exact) mass is 200 g/mol. The molecule has 6 nitrogen and oxygen atoms in total. The molecule has 2 N–H and O–H groups in total. The number of hydrogen-bond donors (Lipinski definition) is 1. The van der Waals surface area contributed by atoms with Gasteiger partial charge in [-0.3, -0.25) is 9.00 Å². The molecule has 1 unspecified atom stereocenters. The van der Waals surface area contributed by atoms with Crippen molar-refractivity contribution in [2.24, 2.45) is 5.73 Å². The van der Waals surface area contributed by atoms with Crippen LogP contribution in [0.1, 0.15) is 16.2 Å². The predicted octanol–water partition coefficient (Wildman–Crippen LogP) is -1.05. The maximum absolute atomic E-state index is 10.6. The average molecular weight is 200 g/mol. The molecule has 0 spiro atoms. The topological polar surface area (TPSA) is 109 Å². The summed E-state index contributed by atoms with van der Waals surface area (Å²) in [7, 11) is 0. The molecule has 0 saturated carbocycles. The highest BCUT2D eigenvalue weighted by Gasteiger charge is 2.01. The number of carbonyl (C=O) groups is 1. The molecule has 1 heterocycles. The first-order valence-electron chi connectivity index (χ1n) is 3.26. The maximum atomic E-state index is 10.6. The highest BCUT2D eigenvalue weighted by atomic mass is 32.2. The summed E-state index contributed by atoms with van der Waals surface area (Å²) >= 11 is -2.23. The Hall–Kier alpha value is -1.34. The van der Waals surface area contributed by atoms with Gasteiger partial charge in [-0.05, 0) is 11.1 Å². The zero-order chi connectivity index (χ0) is 9.84. The lowest BCUT2D eigenvalue weighted by Crippen LogP contribution is -2.12. The van der Waals surface area contributed by atoms with Crippen LogP contribution in [-0.2, 0) is 16.8 Å². The molecule has 0 saturated heterocycles. The van der Waals surface area contributed by atoms with Gasteiger partial charge in [0, 0.05) is 12.4 Å². The van der Waals surface area contributed by atoms with Crippen LogP contribution in [0.5, 0.6) is 0 Å². The van der Waals surface area contributed by atoms with E-state index in [0.29, 0.717) is 0 Å². The predicted molar refractivity (Wildman–Crippen MR) is 43.2 cm³/mol. The number of nitrogens with two attached hydrogens (primary N) is 1. The van der Waals surface area contributed by atoms with Gasteiger partial charge in [-0.2, -0.15) is 0 Å². The Balaban J connectivity index is 2.81. The van der Waals surface area contributed by atoms with Crippen molar-refractivity contribution < 1.29 is 13.6 Å². The van der Waals surface area contributed by atoms with Crippen molar-refractivity contribution in [3.63, 3.8) is 0 Å². The van der Waals surface area contributed by atoms with Crippen LogP contribution in [0.25, 0.3) is 0 Å². The summed E-state index contributed by atoms with van der Waals surface area (Å²) in [6.07, 6.45) is 2.38. The minimum Gasteiger partial charge on any atom is -0.772 e. The molecule has 1 amide bonds. The van der Waals surface area contributed by atoms with E-state index >= 15 is 0 Å². The summed E-state index contributed by atoms with van der Waals surface area (Å²) in [5, 5.41) is 0. The summed E-state index contributed by atoms with van der Waals surface area (Å²) in [6.45, 7) is 0. The standard InChI is InChI=1S/C6H7N3O3S/c7-6(10)4-1-8-5(9-2-4)3-13(11)12/h1-2H,3H2,(H2,7,10)(H,11,12)/p-1. The van der Waals surface area contributed by atoms with Gasteiger partial charge in [0.15, 0.2) is 0 Å². The molecule has 0 radical (unpaired) electrons. The molecule has 1 aromatic rings. The minimum atomic E-state index is -2.23. The minimum absolute atomic E-state index is 0.137. The average Bonchev–Trinajstić information content (AvgIpc) is 2.04. The fourth-order valence-electron chi connectivity index (χ4n) is 0.662. The van der Waals surface area contributed by atoms with E-state index in [0.717, 1.165) is 0 Å². The van der Waals surface area contributed by atoms with Gasteiger partial charge >= 0.3 is 0 Å². The van der Waals surface area contributed by atoms with E-state index in [4.69, 9.17) is 5.73 Å². The molecule has 1 rings (SSSR count). The molecule has 7 heteroatoms. The maximum Gasteiger partial charge on any atom is 0.251 e. The SMILES string of the molecule is NC(=O)c1cnc(CS(=O)[O-])nc1. The zero-order valence-corrected chi connectivity index (χ0v) is 7.28. The van der Waals surface area contributed by atoms with Crippen LogP contribution in [0.4, 0.5) is 0 Å². The van der Waals surface area contributed by atoms with Crippen LogP contribution in [0.3, 0.4) is 0 Å². The van der Waals surface area contributed by atoms with E-state index < -0.39 is 17.0 Å². The lowest BCUT2D eigenvalue weighted by molar-refractivity contribution is 0.0999. The Kier molecular flexibility index (Phi) is 3.04. The van der Waals surface area contributed by atoms with Gasteiger partial charge in [-0.15, -0.1) is 0 Å². The molecule has 13 heavy (non-hydrogen) atoms. The van der Waals surface area contributed by atoms with Crippen molar-refractivity contribution in [2.45, 2.75) is 5.75 Å². The van der Waals surface area contributed by atoms with E-state index in [1.54, 1.807) is 0 Å². The molecule has 0 bridgehead atoms. The summed E-state index contributed by atoms with van der Waals surface area (Å²) in [4.78, 5) is 17.8. The highest BCUT2D eigenvalue weighted by molar-refractivity contribution is 7.78. The molecule has 0 aliphatic heterocycles. The van der Waals surface area contributed by atoms with Crippen molar-refractivity contribution in [3.05, 3.63) is 23.8 Å². The van der Waals surface area contributed by atoms with Gasteiger partial charge in [0.25, 0.3) is 5.91 Å². The third-order valence-electron chi connectivity index (χ3n) is 1.24. The van der Waals surface area contributed by atoms with E-state index in [1.807, 2.05) is 0 Å². The smallest absolute Gasteiger partial charge is 0.251 e. The normalized spacial score (nSPS) is 12.4. The third-order valence-corrected chi connectivity index (χ3v) is 1.73. The Morgan fingerprint density at radius 2 is 2.08 bits per heavy atom. The molecule has 0 aliphatic rings. The largest absolute Gasteiger partial charge is 0.772 e. The van der Waals surface area contributed by atoms with Crippen molar-refractivity contribution >= 4 is 17.0 Å². The Bertz CT molecular complexity index is 337. The van der Waals surface area contributed by atoms with Crippen LogP contribution in [0.15, 0.2) is 12.4 Å². The third kappa shape index (κ3) is 2.88. The summed E-state index contributed by atoms with van der Waals surface area (Å²) in [5.74, 6) is -0.771. The Labute approximate surface area is 76.5 Å². The van der Waals surface area contributed by atoms with Crippen LogP contribution in [0.2, 0.25) is 0 Å². The first-order valence-corrected chi connectivity index (χ1v) is 4.50. The van der Waals surface area contributed by atoms with E-state index in [-0.39, 0.29) is 17.1 Å². The number of nitrogens with zero attached hydrogens (tertiary/aromatic N) is 2. The number of primary amides is 1. The van der Waals surface area contributed by atoms with Crippen molar-refractivity contribution in [3.8, 4) is 0 Å². The van der Waals surface area contributed by atoms with Crippen molar-refractivity contribution in [1.29, 1.82) is 0 Å². The van der Waals surface area contributed by atoms with Crippen LogP contribution in [-0.4, -0.2) is 24.6 Å². The fourth-order valence-corrected chi connectivity index (χ4v) is 1.02. The van der Waals surface area contributed by atoms with Gasteiger partial charge < -0.3 is 10.3 Å². The number of carbonyl (C=O) groups excluding carboxylic acids is 1. The number of hydrogen-bond acceptors (Lipinski definition) is 5.